The van der Waals surface area contributed by atoms with Crippen LogP contribution in [0.1, 0.15) is 25.0 Å². The zero-order valence-corrected chi connectivity index (χ0v) is 32.0. The molecule has 0 radical (unpaired) electrons. The Kier molecular flexibility index (Phi) is 7.55. The zero-order valence-electron chi connectivity index (χ0n) is 32.0. The van der Waals surface area contributed by atoms with E-state index in [0.717, 1.165) is 11.4 Å². The van der Waals surface area contributed by atoms with Gasteiger partial charge in [-0.15, -0.1) is 0 Å². The summed E-state index contributed by atoms with van der Waals surface area (Å²) in [5, 5.41) is 5.03. The van der Waals surface area contributed by atoms with E-state index < -0.39 is 0 Å². The van der Waals surface area contributed by atoms with Gasteiger partial charge < -0.3 is 9.47 Å². The molecule has 10 aromatic rings. The molecule has 0 aliphatic heterocycles. The predicted molar refractivity (Wildman–Crippen MR) is 241 cm³/mol. The van der Waals surface area contributed by atoms with Gasteiger partial charge in [0, 0.05) is 38.7 Å². The van der Waals surface area contributed by atoms with Gasteiger partial charge in [0.15, 0.2) is 0 Å². The summed E-state index contributed by atoms with van der Waals surface area (Å²) >= 11 is 0. The second-order valence-corrected chi connectivity index (χ2v) is 15.8. The van der Waals surface area contributed by atoms with E-state index in [4.69, 9.17) is 0 Å². The quantitative estimate of drug-likeness (QED) is 0.165. The first-order valence-electron chi connectivity index (χ1n) is 19.9. The molecule has 2 heteroatoms. The van der Waals surface area contributed by atoms with Crippen molar-refractivity contribution in [1.29, 1.82) is 0 Å². The van der Waals surface area contributed by atoms with Crippen LogP contribution in [0, 0.1) is 0 Å². The van der Waals surface area contributed by atoms with Crippen molar-refractivity contribution in [2.45, 2.75) is 19.3 Å². The van der Waals surface area contributed by atoms with Crippen LogP contribution in [0.3, 0.4) is 0 Å². The molecule has 270 valence electrons. The fraction of sp³-hybridized carbons (Fsp3) is 0.0545. The normalized spacial score (nSPS) is 12.9. The number of hydrogen-bond acceptors (Lipinski definition) is 1. The van der Waals surface area contributed by atoms with Crippen LogP contribution >= 0.6 is 0 Å². The maximum Gasteiger partial charge on any atom is 0.0547 e. The van der Waals surface area contributed by atoms with Gasteiger partial charge in [-0.2, -0.15) is 0 Å². The fourth-order valence-corrected chi connectivity index (χ4v) is 9.40. The molecule has 0 saturated carbocycles. The summed E-state index contributed by atoms with van der Waals surface area (Å²) in [6, 6.07) is 75.6. The lowest BCUT2D eigenvalue weighted by Gasteiger charge is -2.29. The van der Waals surface area contributed by atoms with E-state index in [9.17, 15) is 0 Å². The number of para-hydroxylation sites is 2. The Balaban J connectivity index is 1.07. The van der Waals surface area contributed by atoms with E-state index in [-0.39, 0.29) is 5.41 Å². The lowest BCUT2D eigenvalue weighted by Crippen LogP contribution is -2.16. The van der Waals surface area contributed by atoms with E-state index in [1.165, 1.54) is 88.5 Å². The van der Waals surface area contributed by atoms with Crippen LogP contribution in [0.2, 0.25) is 0 Å². The van der Waals surface area contributed by atoms with Gasteiger partial charge in [0.2, 0.25) is 0 Å². The molecule has 0 spiro atoms. The summed E-state index contributed by atoms with van der Waals surface area (Å²) in [6.07, 6.45) is 0. The topological polar surface area (TPSA) is 8.17 Å². The van der Waals surface area contributed by atoms with Crippen molar-refractivity contribution >= 4 is 49.6 Å². The van der Waals surface area contributed by atoms with Gasteiger partial charge in [0.25, 0.3) is 0 Å². The molecule has 0 saturated heterocycles. The van der Waals surface area contributed by atoms with Crippen LogP contribution in [0.5, 0.6) is 0 Å². The molecule has 2 nitrogen and oxygen atoms in total. The molecular weight excluding hydrogens is 689 g/mol. The van der Waals surface area contributed by atoms with Crippen molar-refractivity contribution in [3.8, 4) is 39.1 Å². The number of nitrogens with zero attached hydrogens (tertiary/aromatic N) is 2. The van der Waals surface area contributed by atoms with E-state index in [1.54, 1.807) is 0 Å². The van der Waals surface area contributed by atoms with Gasteiger partial charge in [0.05, 0.1) is 22.4 Å². The lowest BCUT2D eigenvalue weighted by atomic mass is 9.82. The molecule has 1 aliphatic carbocycles. The second-order valence-electron chi connectivity index (χ2n) is 15.8. The molecule has 0 unspecified atom stereocenters. The molecule has 57 heavy (non-hydrogen) atoms. The summed E-state index contributed by atoms with van der Waals surface area (Å²) in [7, 11) is 0. The fourth-order valence-electron chi connectivity index (χ4n) is 9.40. The van der Waals surface area contributed by atoms with Gasteiger partial charge in [-0.25, -0.2) is 0 Å². The summed E-state index contributed by atoms with van der Waals surface area (Å²) < 4.78 is 2.45. The minimum Gasteiger partial charge on any atom is -0.310 e. The molecule has 0 atom stereocenters. The van der Waals surface area contributed by atoms with E-state index >= 15 is 0 Å². The maximum atomic E-state index is 2.45. The maximum absolute atomic E-state index is 2.45. The smallest absolute Gasteiger partial charge is 0.0547 e. The van der Waals surface area contributed by atoms with Crippen LogP contribution in [0.4, 0.5) is 17.1 Å². The minimum absolute atomic E-state index is 0.0998. The average Bonchev–Trinajstić information content (AvgIpc) is 3.71. The van der Waals surface area contributed by atoms with Crippen LogP contribution in [0.15, 0.2) is 206 Å². The van der Waals surface area contributed by atoms with E-state index in [2.05, 4.69) is 230 Å². The molecule has 1 heterocycles. The summed E-state index contributed by atoms with van der Waals surface area (Å²) in [5.41, 5.74) is 17.0. The Morgan fingerprint density at radius 1 is 0.404 bits per heavy atom. The highest BCUT2D eigenvalue weighted by Gasteiger charge is 2.37. The number of hydrogen-bond donors (Lipinski definition) is 0. The third-order valence-electron chi connectivity index (χ3n) is 12.2. The number of fused-ring (bicyclic) bond motifs is 7. The Bertz CT molecular complexity index is 3130. The third kappa shape index (κ3) is 5.25. The Morgan fingerprint density at radius 3 is 1.75 bits per heavy atom. The Labute approximate surface area is 333 Å². The Morgan fingerprint density at radius 2 is 0.982 bits per heavy atom. The van der Waals surface area contributed by atoms with Crippen molar-refractivity contribution < 1.29 is 0 Å². The average molecular weight is 729 g/mol. The lowest BCUT2D eigenvalue weighted by molar-refractivity contribution is 0.660. The largest absolute Gasteiger partial charge is 0.310 e. The van der Waals surface area contributed by atoms with Gasteiger partial charge in [0.1, 0.15) is 0 Å². The van der Waals surface area contributed by atoms with Crippen LogP contribution < -0.4 is 4.90 Å². The second kappa shape index (κ2) is 13.0. The first-order chi connectivity index (χ1) is 28.0. The monoisotopic (exact) mass is 728 g/mol. The summed E-state index contributed by atoms with van der Waals surface area (Å²) in [5.74, 6) is 0. The van der Waals surface area contributed by atoms with Crippen LogP contribution in [-0.2, 0) is 5.41 Å². The van der Waals surface area contributed by atoms with Crippen LogP contribution in [0.25, 0.3) is 71.6 Å². The zero-order chi connectivity index (χ0) is 38.1. The van der Waals surface area contributed by atoms with E-state index in [1.807, 2.05) is 0 Å². The standard InChI is InChI=1S/C55H40N2/c1-55(2)48-22-11-8-21-46(48)54-49(55)23-14-26-52(54)56(42-31-27-38(28-32-42)37-15-4-3-5-16-37)43-33-29-39(30-34-43)44-19-9-12-24-50(44)57-51-25-13-10-20-45(51)47-35-40-17-6-7-18-41(40)36-53(47)57/h3-36H,1-2H3. The number of anilines is 3. The molecule has 0 bridgehead atoms. The highest BCUT2D eigenvalue weighted by Crippen LogP contribution is 2.54. The molecule has 0 N–H and O–H groups in total. The molecule has 1 aliphatic rings. The highest BCUT2D eigenvalue weighted by molar-refractivity contribution is 6.14. The molecular formula is C55H40N2. The molecule has 9 aromatic carbocycles. The molecule has 1 aromatic heterocycles. The Hall–Kier alpha value is -7.16. The van der Waals surface area contributed by atoms with Crippen molar-refractivity contribution in [2.75, 3.05) is 4.90 Å². The number of aromatic nitrogens is 1. The molecule has 0 fully saturated rings. The minimum atomic E-state index is -0.0998. The van der Waals surface area contributed by atoms with Gasteiger partial charge in [-0.3, -0.25) is 0 Å². The van der Waals surface area contributed by atoms with Crippen LogP contribution in [-0.4, -0.2) is 4.57 Å². The number of rotatable bonds is 6. The first-order valence-corrected chi connectivity index (χ1v) is 19.9. The van der Waals surface area contributed by atoms with Crippen molar-refractivity contribution in [3.63, 3.8) is 0 Å². The first kappa shape index (κ1) is 33.2. The SMILES string of the molecule is CC1(C)c2ccccc2-c2c(N(c3ccc(-c4ccccc4)cc3)c3ccc(-c4ccccc4-n4c5ccccc5c5cc6ccccc6cc54)cc3)cccc21. The van der Waals surface area contributed by atoms with Crippen molar-refractivity contribution in [2.24, 2.45) is 0 Å². The van der Waals surface area contributed by atoms with Gasteiger partial charge >= 0.3 is 0 Å². The third-order valence-corrected chi connectivity index (χ3v) is 12.2. The van der Waals surface area contributed by atoms with E-state index in [0.29, 0.717) is 0 Å². The molecule has 11 rings (SSSR count). The summed E-state index contributed by atoms with van der Waals surface area (Å²) in [6.45, 7) is 4.71. The van der Waals surface area contributed by atoms with Gasteiger partial charge in [-0.1, -0.05) is 166 Å². The predicted octanol–water partition coefficient (Wildman–Crippen LogP) is 15.0. The van der Waals surface area contributed by atoms with Gasteiger partial charge in [-0.05, 0) is 98.8 Å². The summed E-state index contributed by atoms with van der Waals surface area (Å²) in [4.78, 5) is 2.44. The highest BCUT2D eigenvalue weighted by atomic mass is 15.1. The number of benzene rings is 9. The van der Waals surface area contributed by atoms with Crippen molar-refractivity contribution in [1.82, 2.24) is 4.57 Å². The van der Waals surface area contributed by atoms with Crippen molar-refractivity contribution in [3.05, 3.63) is 217 Å². The molecule has 0 amide bonds.